The van der Waals surface area contributed by atoms with E-state index in [1.165, 1.54) is 13.2 Å². The van der Waals surface area contributed by atoms with Crippen molar-refractivity contribution in [3.8, 4) is 11.4 Å². The number of benzene rings is 2. The number of carboxylic acids is 1. The molecule has 2 aromatic carbocycles. The first kappa shape index (κ1) is 19.6. The van der Waals surface area contributed by atoms with Crippen molar-refractivity contribution in [1.82, 2.24) is 10.1 Å². The Morgan fingerprint density at radius 1 is 1.11 bits per heavy atom. The zero-order valence-corrected chi connectivity index (χ0v) is 14.4. The molecule has 0 aliphatic heterocycles. The van der Waals surface area contributed by atoms with Crippen LogP contribution in [0.4, 0.5) is 4.39 Å². The maximum Gasteiger partial charge on any atom is 0.331 e. The average molecular weight is 368 g/mol. The minimum Gasteiger partial charge on any atom is -0.504 e. The highest BCUT2D eigenvalue weighted by atomic mass is 19.1. The van der Waals surface area contributed by atoms with Crippen LogP contribution >= 0.6 is 0 Å². The molecule has 0 saturated carbocycles. The van der Waals surface area contributed by atoms with Crippen LogP contribution in [0.1, 0.15) is 11.5 Å². The molecule has 0 aliphatic rings. The van der Waals surface area contributed by atoms with Gasteiger partial charge in [-0.15, -0.1) is 0 Å². The van der Waals surface area contributed by atoms with Crippen LogP contribution in [-0.4, -0.2) is 28.3 Å². The molecule has 0 unspecified atom stereocenters. The topological polar surface area (TPSA) is 85.5 Å². The molecule has 1 N–H and O–H groups in total. The summed E-state index contributed by atoms with van der Waals surface area (Å²) in [4.78, 5) is 13.6. The van der Waals surface area contributed by atoms with Gasteiger partial charge in [0.1, 0.15) is 0 Å². The molecular formula is C20H17FN2O4. The number of halogens is 1. The van der Waals surface area contributed by atoms with Gasteiger partial charge in [0.2, 0.25) is 5.82 Å². The third kappa shape index (κ3) is 6.58. The molecule has 6 nitrogen and oxygen atoms in total. The fourth-order valence-electron chi connectivity index (χ4n) is 1.91. The van der Waals surface area contributed by atoms with E-state index in [4.69, 9.17) is 9.63 Å². The summed E-state index contributed by atoms with van der Waals surface area (Å²) in [6.07, 6.45) is 3.38. The Balaban J connectivity index is 0.000000321. The van der Waals surface area contributed by atoms with Crippen LogP contribution in [0.5, 0.6) is 0 Å². The molecule has 0 fully saturated rings. The molecule has 3 rings (SSSR count). The lowest BCUT2D eigenvalue weighted by atomic mass is 10.2. The van der Waals surface area contributed by atoms with E-state index in [-0.39, 0.29) is 5.89 Å². The zero-order valence-electron chi connectivity index (χ0n) is 14.4. The van der Waals surface area contributed by atoms with Gasteiger partial charge in [-0.05, 0) is 11.6 Å². The minimum atomic E-state index is -0.998. The van der Waals surface area contributed by atoms with Crippen LogP contribution in [0.2, 0.25) is 0 Å². The zero-order chi connectivity index (χ0) is 19.5. The number of ether oxygens (including phenoxy) is 1. The summed E-state index contributed by atoms with van der Waals surface area (Å²) in [6.45, 7) is 0. The first-order chi connectivity index (χ1) is 13.1. The van der Waals surface area contributed by atoms with Crippen LogP contribution in [0.3, 0.4) is 0 Å². The van der Waals surface area contributed by atoms with Crippen molar-refractivity contribution < 1.29 is 23.6 Å². The number of carboxylic acid groups (broad SMARTS) is 1. The Kier molecular flexibility index (Phi) is 7.47. The van der Waals surface area contributed by atoms with Crippen LogP contribution in [0, 0.1) is 0 Å². The second-order valence-electron chi connectivity index (χ2n) is 5.07. The highest BCUT2D eigenvalue weighted by Gasteiger charge is 2.12. The summed E-state index contributed by atoms with van der Waals surface area (Å²) in [5, 5.41) is 11.7. The fraction of sp³-hybridized carbons (Fsp3) is 0.0500. The Bertz CT molecular complexity index is 906. The molecule has 27 heavy (non-hydrogen) atoms. The van der Waals surface area contributed by atoms with Gasteiger partial charge in [0.25, 0.3) is 5.89 Å². The largest absolute Gasteiger partial charge is 0.504 e. The minimum absolute atomic E-state index is 0.118. The third-order valence-corrected chi connectivity index (χ3v) is 3.10. The molecule has 0 saturated heterocycles. The van der Waals surface area contributed by atoms with E-state index in [9.17, 15) is 9.18 Å². The van der Waals surface area contributed by atoms with E-state index in [1.54, 1.807) is 12.1 Å². The van der Waals surface area contributed by atoms with Crippen LogP contribution in [0.25, 0.3) is 23.3 Å². The molecule has 0 radical (unpaired) electrons. The van der Waals surface area contributed by atoms with Crippen LogP contribution < -0.4 is 0 Å². The summed E-state index contributed by atoms with van der Waals surface area (Å²) in [5.74, 6) is -1.29. The van der Waals surface area contributed by atoms with E-state index in [0.717, 1.165) is 23.5 Å². The van der Waals surface area contributed by atoms with Gasteiger partial charge in [0.15, 0.2) is 5.83 Å². The van der Waals surface area contributed by atoms with Crippen LogP contribution in [0.15, 0.2) is 77.5 Å². The number of rotatable bonds is 5. The van der Waals surface area contributed by atoms with Gasteiger partial charge in [0.05, 0.1) is 19.4 Å². The molecule has 0 bridgehead atoms. The number of nitrogens with zero attached hydrogens (tertiary/aromatic N) is 2. The van der Waals surface area contributed by atoms with E-state index in [2.05, 4.69) is 14.9 Å². The van der Waals surface area contributed by atoms with Gasteiger partial charge in [-0.25, -0.2) is 9.18 Å². The Morgan fingerprint density at radius 3 is 2.30 bits per heavy atom. The average Bonchev–Trinajstić information content (AvgIpc) is 3.19. The van der Waals surface area contributed by atoms with E-state index < -0.39 is 11.8 Å². The van der Waals surface area contributed by atoms with Crippen molar-refractivity contribution in [2.45, 2.75) is 0 Å². The maximum absolute atomic E-state index is 14.0. The van der Waals surface area contributed by atoms with E-state index in [0.29, 0.717) is 5.82 Å². The predicted molar refractivity (Wildman–Crippen MR) is 98.9 cm³/mol. The molecule has 1 heterocycles. The quantitative estimate of drug-likeness (QED) is 0.529. The van der Waals surface area contributed by atoms with Crippen molar-refractivity contribution in [3.63, 3.8) is 0 Å². The lowest BCUT2D eigenvalue weighted by Crippen LogP contribution is -1.85. The van der Waals surface area contributed by atoms with Gasteiger partial charge < -0.3 is 14.4 Å². The third-order valence-electron chi connectivity index (χ3n) is 3.10. The van der Waals surface area contributed by atoms with E-state index in [1.807, 2.05) is 48.5 Å². The highest BCUT2D eigenvalue weighted by molar-refractivity contribution is 5.79. The number of carbonyl (C=O) groups is 1. The van der Waals surface area contributed by atoms with Crippen molar-refractivity contribution in [3.05, 3.63) is 84.5 Å². The van der Waals surface area contributed by atoms with Gasteiger partial charge in [-0.1, -0.05) is 65.8 Å². The predicted octanol–water partition coefficient (Wildman–Crippen LogP) is 4.44. The monoisotopic (exact) mass is 368 g/mol. The summed E-state index contributed by atoms with van der Waals surface area (Å²) in [6, 6.07) is 18.4. The number of methoxy groups -OCH3 is 1. The molecule has 3 aromatic rings. The number of aliphatic carboxylic acids is 1. The molecule has 0 atom stereocenters. The lowest BCUT2D eigenvalue weighted by Gasteiger charge is -1.92. The first-order valence-electron chi connectivity index (χ1n) is 7.84. The van der Waals surface area contributed by atoms with Gasteiger partial charge >= 0.3 is 5.97 Å². The van der Waals surface area contributed by atoms with Gasteiger partial charge in [-0.2, -0.15) is 4.98 Å². The number of hydrogen-bond acceptors (Lipinski definition) is 5. The standard InChI is InChI=1S/C16H11FN2O.C4H6O3/c17-14(11-12-7-3-1-4-8-12)16-18-15(19-20-16)13-9-5-2-6-10-13;1-7-3-2-4(5)6/h1-11H;2-3H,1H3,(H,5,6). The first-order valence-corrected chi connectivity index (χ1v) is 7.84. The summed E-state index contributed by atoms with van der Waals surface area (Å²) in [7, 11) is 1.39. The molecule has 7 heteroatoms. The second kappa shape index (κ2) is 10.3. The maximum atomic E-state index is 14.0. The van der Waals surface area contributed by atoms with E-state index >= 15 is 0 Å². The van der Waals surface area contributed by atoms with Crippen LogP contribution in [-0.2, 0) is 9.53 Å². The Labute approximate surface area is 155 Å². The Morgan fingerprint density at radius 2 is 1.74 bits per heavy atom. The molecular weight excluding hydrogens is 351 g/mol. The molecule has 0 spiro atoms. The normalized spacial score (nSPS) is 11.0. The van der Waals surface area contributed by atoms with Gasteiger partial charge in [0, 0.05) is 5.56 Å². The summed E-state index contributed by atoms with van der Waals surface area (Å²) < 4.78 is 23.3. The van der Waals surface area contributed by atoms with Crippen molar-refractivity contribution in [2.75, 3.05) is 7.11 Å². The van der Waals surface area contributed by atoms with Crippen molar-refractivity contribution in [1.29, 1.82) is 0 Å². The molecule has 1 aromatic heterocycles. The molecule has 0 amide bonds. The number of hydrogen-bond donors (Lipinski definition) is 1. The smallest absolute Gasteiger partial charge is 0.331 e. The number of aromatic nitrogens is 2. The highest BCUT2D eigenvalue weighted by Crippen LogP contribution is 2.21. The molecule has 138 valence electrons. The second-order valence-corrected chi connectivity index (χ2v) is 5.07. The van der Waals surface area contributed by atoms with Crippen molar-refractivity contribution in [2.24, 2.45) is 0 Å². The Hall–Kier alpha value is -3.74. The van der Waals surface area contributed by atoms with Crippen molar-refractivity contribution >= 4 is 17.9 Å². The van der Waals surface area contributed by atoms with Gasteiger partial charge in [-0.3, -0.25) is 0 Å². The summed E-state index contributed by atoms with van der Waals surface area (Å²) >= 11 is 0. The summed E-state index contributed by atoms with van der Waals surface area (Å²) in [5.41, 5.74) is 1.53. The SMILES string of the molecule is COC=CC(=O)O.FC(=Cc1ccccc1)c1nc(-c2ccccc2)no1. The molecule has 0 aliphatic carbocycles. The fourth-order valence-corrected chi connectivity index (χ4v) is 1.91. The lowest BCUT2D eigenvalue weighted by molar-refractivity contribution is -0.131.